The van der Waals surface area contributed by atoms with Gasteiger partial charge in [-0.2, -0.15) is 0 Å². The van der Waals surface area contributed by atoms with Gasteiger partial charge in [0.25, 0.3) is 0 Å². The zero-order valence-corrected chi connectivity index (χ0v) is 11.5. The summed E-state index contributed by atoms with van der Waals surface area (Å²) in [4.78, 5) is 9.38. The van der Waals surface area contributed by atoms with E-state index in [1.54, 1.807) is 0 Å². The average Bonchev–Trinajstić information content (AvgIpc) is 2.56. The number of pyridine rings is 1. The van der Waals surface area contributed by atoms with Crippen molar-refractivity contribution >= 4 is 5.69 Å². The fraction of sp³-hybridized carbons (Fsp3) is 0.643. The minimum atomic E-state index is 0.956. The number of anilines is 1. The first-order valence-corrected chi connectivity index (χ1v) is 6.87. The van der Waals surface area contributed by atoms with Crippen LogP contribution in [0, 0.1) is 0 Å². The van der Waals surface area contributed by atoms with E-state index in [1.165, 1.54) is 25.2 Å². The number of nitrogens with one attached hydrogen (secondary N) is 1. The van der Waals surface area contributed by atoms with Crippen molar-refractivity contribution in [3.63, 3.8) is 0 Å². The van der Waals surface area contributed by atoms with Crippen molar-refractivity contribution in [1.82, 2.24) is 14.8 Å². The van der Waals surface area contributed by atoms with E-state index in [4.69, 9.17) is 0 Å². The molecule has 0 aliphatic carbocycles. The normalized spacial score (nSPS) is 18.6. The quantitative estimate of drug-likeness (QED) is 0.878. The Kier molecular flexibility index (Phi) is 4.96. The summed E-state index contributed by atoms with van der Waals surface area (Å²) in [5.74, 6) is 0. The number of nitrogens with zero attached hydrogens (tertiary/aromatic N) is 3. The number of rotatable bonds is 4. The van der Waals surface area contributed by atoms with Crippen molar-refractivity contribution in [2.45, 2.75) is 19.9 Å². The summed E-state index contributed by atoms with van der Waals surface area (Å²) in [6.45, 7) is 8.73. The van der Waals surface area contributed by atoms with Crippen molar-refractivity contribution in [1.29, 1.82) is 0 Å². The molecule has 0 saturated carbocycles. The average molecular weight is 248 g/mol. The van der Waals surface area contributed by atoms with Gasteiger partial charge < -0.3 is 10.2 Å². The first-order valence-electron chi connectivity index (χ1n) is 6.87. The number of aromatic nitrogens is 1. The van der Waals surface area contributed by atoms with Crippen LogP contribution in [-0.2, 0) is 6.54 Å². The summed E-state index contributed by atoms with van der Waals surface area (Å²) in [5.41, 5.74) is 2.34. The summed E-state index contributed by atoms with van der Waals surface area (Å²) in [7, 11) is 2.20. The van der Waals surface area contributed by atoms with Gasteiger partial charge in [0, 0.05) is 38.1 Å². The number of hydrogen-bond donors (Lipinski definition) is 1. The van der Waals surface area contributed by atoms with E-state index in [-0.39, 0.29) is 0 Å². The molecule has 0 unspecified atom stereocenters. The molecule has 0 bridgehead atoms. The van der Waals surface area contributed by atoms with Crippen LogP contribution in [0.5, 0.6) is 0 Å². The zero-order chi connectivity index (χ0) is 12.8. The Morgan fingerprint density at radius 3 is 3.00 bits per heavy atom. The lowest BCUT2D eigenvalue weighted by atomic mass is 10.3. The lowest BCUT2D eigenvalue weighted by Crippen LogP contribution is -2.28. The van der Waals surface area contributed by atoms with Crippen molar-refractivity contribution in [3.8, 4) is 0 Å². The molecule has 1 aromatic rings. The SMILES string of the molecule is CCNc1ccnc(CN2CCCN(C)CC2)c1. The summed E-state index contributed by atoms with van der Waals surface area (Å²) < 4.78 is 0. The highest BCUT2D eigenvalue weighted by atomic mass is 15.2. The third-order valence-corrected chi connectivity index (χ3v) is 3.40. The van der Waals surface area contributed by atoms with Crippen molar-refractivity contribution in [2.24, 2.45) is 0 Å². The summed E-state index contributed by atoms with van der Waals surface area (Å²) in [5, 5.41) is 3.34. The molecule has 0 spiro atoms. The fourth-order valence-corrected chi connectivity index (χ4v) is 2.37. The van der Waals surface area contributed by atoms with Gasteiger partial charge in [-0.25, -0.2) is 0 Å². The van der Waals surface area contributed by atoms with Crippen molar-refractivity contribution in [3.05, 3.63) is 24.0 Å². The van der Waals surface area contributed by atoms with Crippen LogP contribution < -0.4 is 5.32 Å². The van der Waals surface area contributed by atoms with Crippen LogP contribution in [0.3, 0.4) is 0 Å². The highest BCUT2D eigenvalue weighted by Gasteiger charge is 2.12. The maximum Gasteiger partial charge on any atom is 0.0564 e. The Balaban J connectivity index is 1.93. The molecule has 1 aliphatic rings. The molecule has 0 radical (unpaired) electrons. The Labute approximate surface area is 110 Å². The molecule has 1 fully saturated rings. The first-order chi connectivity index (χ1) is 8.78. The van der Waals surface area contributed by atoms with E-state index >= 15 is 0 Å². The van der Waals surface area contributed by atoms with E-state index in [0.29, 0.717) is 0 Å². The van der Waals surface area contributed by atoms with Crippen LogP contribution in [0.25, 0.3) is 0 Å². The van der Waals surface area contributed by atoms with Crippen LogP contribution in [0.4, 0.5) is 5.69 Å². The predicted octanol–water partition coefficient (Wildman–Crippen LogP) is 1.65. The van der Waals surface area contributed by atoms with E-state index in [0.717, 1.165) is 31.9 Å². The van der Waals surface area contributed by atoms with Gasteiger partial charge in [0.1, 0.15) is 0 Å². The van der Waals surface area contributed by atoms with Crippen LogP contribution in [0.2, 0.25) is 0 Å². The zero-order valence-electron chi connectivity index (χ0n) is 11.5. The fourth-order valence-electron chi connectivity index (χ4n) is 2.37. The Morgan fingerprint density at radius 2 is 2.17 bits per heavy atom. The maximum absolute atomic E-state index is 4.47. The van der Waals surface area contributed by atoms with Crippen LogP contribution >= 0.6 is 0 Å². The molecule has 0 atom stereocenters. The Morgan fingerprint density at radius 1 is 1.28 bits per heavy atom. The molecule has 1 N–H and O–H groups in total. The third-order valence-electron chi connectivity index (χ3n) is 3.40. The van der Waals surface area contributed by atoms with E-state index in [1.807, 2.05) is 12.3 Å². The molecule has 1 saturated heterocycles. The number of hydrogen-bond acceptors (Lipinski definition) is 4. The van der Waals surface area contributed by atoms with E-state index < -0.39 is 0 Å². The molecule has 2 heterocycles. The lowest BCUT2D eigenvalue weighted by Gasteiger charge is -2.19. The molecule has 4 nitrogen and oxygen atoms in total. The molecule has 0 aromatic carbocycles. The maximum atomic E-state index is 4.47. The van der Waals surface area contributed by atoms with Crippen LogP contribution in [0.15, 0.2) is 18.3 Å². The highest BCUT2D eigenvalue weighted by Crippen LogP contribution is 2.11. The van der Waals surface area contributed by atoms with Crippen LogP contribution in [0.1, 0.15) is 19.0 Å². The molecule has 100 valence electrons. The van der Waals surface area contributed by atoms with Crippen LogP contribution in [-0.4, -0.2) is 54.6 Å². The van der Waals surface area contributed by atoms with Gasteiger partial charge in [0.05, 0.1) is 5.69 Å². The van der Waals surface area contributed by atoms with Gasteiger partial charge in [-0.1, -0.05) is 0 Å². The molecule has 4 heteroatoms. The Hall–Kier alpha value is -1.13. The standard InChI is InChI=1S/C14H24N4/c1-3-15-13-5-6-16-14(11-13)12-18-8-4-7-17(2)9-10-18/h5-6,11H,3-4,7-10,12H2,1-2H3,(H,15,16). The van der Waals surface area contributed by atoms with E-state index in [2.05, 4.69) is 40.1 Å². The van der Waals surface area contributed by atoms with Gasteiger partial charge in [-0.3, -0.25) is 9.88 Å². The summed E-state index contributed by atoms with van der Waals surface area (Å²) in [6, 6.07) is 4.20. The third kappa shape index (κ3) is 3.96. The molecule has 2 rings (SSSR count). The van der Waals surface area contributed by atoms with Gasteiger partial charge in [-0.05, 0) is 45.6 Å². The minimum absolute atomic E-state index is 0.956. The molecule has 1 aliphatic heterocycles. The summed E-state index contributed by atoms with van der Waals surface area (Å²) >= 11 is 0. The first kappa shape index (κ1) is 13.3. The van der Waals surface area contributed by atoms with Gasteiger partial charge in [-0.15, -0.1) is 0 Å². The molecular weight excluding hydrogens is 224 g/mol. The van der Waals surface area contributed by atoms with Crippen molar-refractivity contribution < 1.29 is 0 Å². The smallest absolute Gasteiger partial charge is 0.0564 e. The molecular formula is C14H24N4. The topological polar surface area (TPSA) is 31.4 Å². The van der Waals surface area contributed by atoms with Gasteiger partial charge >= 0.3 is 0 Å². The second-order valence-electron chi connectivity index (χ2n) is 5.00. The van der Waals surface area contributed by atoms with Gasteiger partial charge in [0.15, 0.2) is 0 Å². The second kappa shape index (κ2) is 6.71. The number of likely N-dealkylation sites (N-methyl/N-ethyl adjacent to an activating group) is 1. The van der Waals surface area contributed by atoms with Gasteiger partial charge in [0.2, 0.25) is 0 Å². The predicted molar refractivity (Wildman–Crippen MR) is 75.8 cm³/mol. The highest BCUT2D eigenvalue weighted by molar-refractivity contribution is 5.42. The lowest BCUT2D eigenvalue weighted by molar-refractivity contribution is 0.266. The van der Waals surface area contributed by atoms with E-state index in [9.17, 15) is 0 Å². The molecule has 0 amide bonds. The molecule has 1 aromatic heterocycles. The molecule has 18 heavy (non-hydrogen) atoms. The Bertz CT molecular complexity index is 367. The van der Waals surface area contributed by atoms with Crippen molar-refractivity contribution in [2.75, 3.05) is 45.1 Å². The summed E-state index contributed by atoms with van der Waals surface area (Å²) in [6.07, 6.45) is 3.15. The largest absolute Gasteiger partial charge is 0.385 e. The monoisotopic (exact) mass is 248 g/mol. The minimum Gasteiger partial charge on any atom is -0.385 e. The second-order valence-corrected chi connectivity index (χ2v) is 5.00.